The molecule has 0 N–H and O–H groups in total. The van der Waals surface area contributed by atoms with Crippen molar-refractivity contribution < 1.29 is 9.47 Å². The summed E-state index contributed by atoms with van der Waals surface area (Å²) in [5.41, 5.74) is 3.65. The Balaban J connectivity index is 1.57. The van der Waals surface area contributed by atoms with Crippen molar-refractivity contribution in [2.45, 2.75) is 38.5 Å². The van der Waals surface area contributed by atoms with E-state index in [9.17, 15) is 0 Å². The first-order valence-electron chi connectivity index (χ1n) is 10.9. The normalized spacial score (nSPS) is 17.3. The minimum atomic E-state index is -0.349. The molecule has 1 aliphatic heterocycles. The van der Waals surface area contributed by atoms with Crippen LogP contribution in [0.3, 0.4) is 0 Å². The van der Waals surface area contributed by atoms with E-state index in [2.05, 4.69) is 33.0 Å². The fraction of sp³-hybridized carbons (Fsp3) is 0.280. The summed E-state index contributed by atoms with van der Waals surface area (Å²) in [5, 5.41) is 6.95. The number of hydrogen-bond donors (Lipinski definition) is 0. The van der Waals surface area contributed by atoms with Gasteiger partial charge in [-0.05, 0) is 56.5 Å². The first-order valence-corrected chi connectivity index (χ1v) is 12.4. The van der Waals surface area contributed by atoms with Crippen LogP contribution in [0.4, 0.5) is 0 Å². The van der Waals surface area contributed by atoms with Crippen LogP contribution in [0.1, 0.15) is 44.1 Å². The molecule has 0 bridgehead atoms. The van der Waals surface area contributed by atoms with Gasteiger partial charge in [-0.15, -0.1) is 0 Å². The van der Waals surface area contributed by atoms with Gasteiger partial charge in [-0.3, -0.25) is 4.98 Å². The van der Waals surface area contributed by atoms with Crippen LogP contribution in [-0.2, 0) is 4.74 Å². The summed E-state index contributed by atoms with van der Waals surface area (Å²) in [7, 11) is 0. The summed E-state index contributed by atoms with van der Waals surface area (Å²) in [6, 6.07) is 14.2. The molecule has 0 saturated carbocycles. The maximum Gasteiger partial charge on any atom is 0.150 e. The number of fused-ring (bicyclic) bond motifs is 1. The van der Waals surface area contributed by atoms with E-state index >= 15 is 0 Å². The van der Waals surface area contributed by atoms with Gasteiger partial charge in [0.2, 0.25) is 0 Å². The molecule has 0 radical (unpaired) electrons. The highest BCUT2D eigenvalue weighted by Crippen LogP contribution is 2.37. The van der Waals surface area contributed by atoms with E-state index in [0.29, 0.717) is 21.4 Å². The maximum atomic E-state index is 6.34. The van der Waals surface area contributed by atoms with Crippen LogP contribution in [0.25, 0.3) is 22.2 Å². The van der Waals surface area contributed by atoms with Crippen LogP contribution < -0.4 is 4.74 Å². The van der Waals surface area contributed by atoms with Gasteiger partial charge in [-0.1, -0.05) is 51.3 Å². The molecule has 0 amide bonds. The van der Waals surface area contributed by atoms with Gasteiger partial charge in [0.25, 0.3) is 0 Å². The lowest BCUT2D eigenvalue weighted by Gasteiger charge is -2.23. The third kappa shape index (κ3) is 4.62. The SMILES string of the molecule is C[C@@H](Oc1ccc2c(c1)c(-c1ccc(Br)cc1)nn2C1CCCCO1)c1c(Cl)cncc1Cl. The van der Waals surface area contributed by atoms with Crippen molar-refractivity contribution in [3.05, 3.63) is 74.9 Å². The van der Waals surface area contributed by atoms with Crippen molar-refractivity contribution in [2.75, 3.05) is 6.61 Å². The fourth-order valence-corrected chi connectivity index (χ4v) is 5.16. The molecule has 8 heteroatoms. The van der Waals surface area contributed by atoms with Crippen LogP contribution in [0.15, 0.2) is 59.3 Å². The zero-order chi connectivity index (χ0) is 22.9. The average molecular weight is 547 g/mol. The molecule has 3 heterocycles. The lowest BCUT2D eigenvalue weighted by molar-refractivity contribution is -0.0365. The lowest BCUT2D eigenvalue weighted by atomic mass is 10.1. The first-order chi connectivity index (χ1) is 16.0. The lowest BCUT2D eigenvalue weighted by Crippen LogP contribution is -2.19. The molecule has 2 atom stereocenters. The molecule has 4 aromatic rings. The van der Waals surface area contributed by atoms with Crippen molar-refractivity contribution in [1.29, 1.82) is 0 Å². The summed E-state index contributed by atoms with van der Waals surface area (Å²) in [6.07, 6.45) is 5.91. The monoisotopic (exact) mass is 545 g/mol. The van der Waals surface area contributed by atoms with E-state index in [0.717, 1.165) is 52.5 Å². The Labute approximate surface area is 210 Å². The van der Waals surface area contributed by atoms with Crippen LogP contribution >= 0.6 is 39.1 Å². The largest absolute Gasteiger partial charge is 0.486 e. The van der Waals surface area contributed by atoms with Crippen molar-refractivity contribution >= 4 is 50.0 Å². The molecular weight excluding hydrogens is 525 g/mol. The quantitative estimate of drug-likeness (QED) is 0.254. The molecule has 0 spiro atoms. The Bertz CT molecular complexity index is 1270. The van der Waals surface area contributed by atoms with Crippen molar-refractivity contribution in [3.63, 3.8) is 0 Å². The minimum absolute atomic E-state index is 0.0643. The Hall–Kier alpha value is -2.12. The topological polar surface area (TPSA) is 49.2 Å². The molecule has 170 valence electrons. The van der Waals surface area contributed by atoms with Gasteiger partial charge in [0.05, 0.1) is 15.6 Å². The maximum absolute atomic E-state index is 6.34. The summed E-state index contributed by atoms with van der Waals surface area (Å²) >= 11 is 16.2. The molecule has 5 rings (SSSR count). The third-order valence-corrected chi connectivity index (χ3v) is 6.96. The number of rotatable bonds is 5. The summed E-state index contributed by atoms with van der Waals surface area (Å²) < 4.78 is 15.3. The Morgan fingerprint density at radius 3 is 2.55 bits per heavy atom. The van der Waals surface area contributed by atoms with Crippen molar-refractivity contribution in [1.82, 2.24) is 14.8 Å². The molecular formula is C25H22BrCl2N3O2. The summed E-state index contributed by atoms with van der Waals surface area (Å²) in [6.45, 7) is 2.68. The van der Waals surface area contributed by atoms with Crippen LogP contribution in [0.2, 0.25) is 10.0 Å². The van der Waals surface area contributed by atoms with E-state index in [1.54, 1.807) is 12.4 Å². The highest BCUT2D eigenvalue weighted by Gasteiger charge is 2.23. The van der Waals surface area contributed by atoms with Gasteiger partial charge in [0, 0.05) is 40.0 Å². The van der Waals surface area contributed by atoms with Gasteiger partial charge in [-0.25, -0.2) is 4.68 Å². The summed E-state index contributed by atoms with van der Waals surface area (Å²) in [5.74, 6) is 0.710. The van der Waals surface area contributed by atoms with Gasteiger partial charge in [-0.2, -0.15) is 5.10 Å². The van der Waals surface area contributed by atoms with Gasteiger partial charge >= 0.3 is 0 Å². The molecule has 2 aromatic heterocycles. The number of hydrogen-bond acceptors (Lipinski definition) is 4. The zero-order valence-corrected chi connectivity index (χ0v) is 21.1. The molecule has 5 nitrogen and oxygen atoms in total. The summed E-state index contributed by atoms with van der Waals surface area (Å²) in [4.78, 5) is 4.03. The first kappa shape index (κ1) is 22.7. The molecule has 1 saturated heterocycles. The number of aromatic nitrogens is 3. The van der Waals surface area contributed by atoms with Crippen LogP contribution in [0, 0.1) is 0 Å². The van der Waals surface area contributed by atoms with Crippen LogP contribution in [0.5, 0.6) is 5.75 Å². The van der Waals surface area contributed by atoms with Gasteiger partial charge in [0.15, 0.2) is 6.23 Å². The molecule has 33 heavy (non-hydrogen) atoms. The predicted molar refractivity (Wildman–Crippen MR) is 135 cm³/mol. The Morgan fingerprint density at radius 2 is 1.85 bits per heavy atom. The van der Waals surface area contributed by atoms with E-state index in [4.69, 9.17) is 37.8 Å². The van der Waals surface area contributed by atoms with Gasteiger partial charge in [0.1, 0.15) is 17.5 Å². The van der Waals surface area contributed by atoms with Crippen molar-refractivity contribution in [3.8, 4) is 17.0 Å². The number of halogens is 3. The highest BCUT2D eigenvalue weighted by molar-refractivity contribution is 9.10. The fourth-order valence-electron chi connectivity index (χ4n) is 4.22. The van der Waals surface area contributed by atoms with Gasteiger partial charge < -0.3 is 9.47 Å². The minimum Gasteiger partial charge on any atom is -0.486 e. The van der Waals surface area contributed by atoms with Crippen LogP contribution in [-0.4, -0.2) is 21.4 Å². The smallest absolute Gasteiger partial charge is 0.150 e. The Morgan fingerprint density at radius 1 is 1.09 bits per heavy atom. The number of pyridine rings is 1. The van der Waals surface area contributed by atoms with E-state index in [1.165, 1.54) is 0 Å². The molecule has 1 aliphatic rings. The average Bonchev–Trinajstić information content (AvgIpc) is 3.19. The second-order valence-electron chi connectivity index (χ2n) is 8.08. The second-order valence-corrected chi connectivity index (χ2v) is 9.81. The van der Waals surface area contributed by atoms with Crippen molar-refractivity contribution in [2.24, 2.45) is 0 Å². The third-order valence-electron chi connectivity index (χ3n) is 5.83. The zero-order valence-electron chi connectivity index (χ0n) is 18.0. The Kier molecular flexibility index (Phi) is 6.61. The highest BCUT2D eigenvalue weighted by atomic mass is 79.9. The second kappa shape index (κ2) is 9.63. The molecule has 1 unspecified atom stereocenters. The molecule has 2 aromatic carbocycles. The predicted octanol–water partition coefficient (Wildman–Crippen LogP) is 8.01. The number of nitrogens with zero attached hydrogens (tertiary/aromatic N) is 3. The van der Waals surface area contributed by atoms with E-state index in [-0.39, 0.29) is 12.3 Å². The molecule has 1 fully saturated rings. The standard InChI is InChI=1S/C25H22BrCl2N3O2/c1-15(24-20(27)13-29-14-21(24)28)33-18-9-10-22-19(12-18)25(16-5-7-17(26)8-6-16)30-31(22)23-4-2-3-11-32-23/h5-10,12-15,23H,2-4,11H2,1H3/t15-,23?/m1/s1. The molecule has 0 aliphatic carbocycles. The van der Waals surface area contributed by atoms with E-state index in [1.807, 2.05) is 41.9 Å². The number of benzene rings is 2. The number of ether oxygens (including phenoxy) is 2. The van der Waals surface area contributed by atoms with E-state index < -0.39 is 0 Å².